The van der Waals surface area contributed by atoms with Crippen molar-refractivity contribution < 1.29 is 18.0 Å². The molecule has 0 aromatic heterocycles. The number of piperidine rings is 1. The number of hydrogen-bond acceptors (Lipinski definition) is 4. The lowest BCUT2D eigenvalue weighted by Crippen LogP contribution is -2.47. The van der Waals surface area contributed by atoms with E-state index in [4.69, 9.17) is 0 Å². The molecule has 0 saturated carbocycles. The van der Waals surface area contributed by atoms with Gasteiger partial charge in [-0.1, -0.05) is 13.8 Å². The number of rotatable bonds is 7. The summed E-state index contributed by atoms with van der Waals surface area (Å²) < 4.78 is 27.1. The predicted octanol–water partition coefficient (Wildman–Crippen LogP) is 2.35. The van der Waals surface area contributed by atoms with Crippen LogP contribution in [0.4, 0.5) is 5.69 Å². The Morgan fingerprint density at radius 2 is 1.67 bits per heavy atom. The van der Waals surface area contributed by atoms with Crippen LogP contribution in [0.1, 0.15) is 46.5 Å². The average molecular weight is 396 g/mol. The minimum atomic E-state index is -3.58. The lowest BCUT2D eigenvalue weighted by atomic mass is 10.0. The van der Waals surface area contributed by atoms with Crippen LogP contribution in [-0.2, 0) is 19.6 Å². The molecule has 1 saturated heterocycles. The zero-order valence-electron chi connectivity index (χ0n) is 16.2. The molecule has 0 aliphatic carbocycles. The zero-order chi connectivity index (χ0) is 20.0. The molecule has 0 radical (unpaired) electrons. The van der Waals surface area contributed by atoms with E-state index >= 15 is 0 Å². The van der Waals surface area contributed by atoms with Crippen molar-refractivity contribution in [3.63, 3.8) is 0 Å². The van der Waals surface area contributed by atoms with Crippen molar-refractivity contribution in [3.8, 4) is 0 Å². The number of hydrogen-bond donors (Lipinski definition) is 2. The van der Waals surface area contributed by atoms with Crippen molar-refractivity contribution in [1.29, 1.82) is 0 Å². The van der Waals surface area contributed by atoms with Gasteiger partial charge in [-0.2, -0.15) is 4.31 Å². The molecule has 1 heterocycles. The first-order valence-corrected chi connectivity index (χ1v) is 10.9. The van der Waals surface area contributed by atoms with Crippen LogP contribution >= 0.6 is 0 Å². The van der Waals surface area contributed by atoms with Gasteiger partial charge in [0.15, 0.2) is 0 Å². The predicted molar refractivity (Wildman–Crippen MR) is 105 cm³/mol. The van der Waals surface area contributed by atoms with Gasteiger partial charge in [0.25, 0.3) is 0 Å². The van der Waals surface area contributed by atoms with E-state index in [0.29, 0.717) is 31.6 Å². The second kappa shape index (κ2) is 9.32. The first-order chi connectivity index (χ1) is 12.8. The molecule has 0 bridgehead atoms. The van der Waals surface area contributed by atoms with Gasteiger partial charge in [-0.15, -0.1) is 0 Å². The van der Waals surface area contributed by atoms with E-state index in [1.165, 1.54) is 23.4 Å². The second-order valence-electron chi connectivity index (χ2n) is 6.91. The maximum atomic E-state index is 12.8. The van der Waals surface area contributed by atoms with E-state index in [1.807, 2.05) is 13.8 Å². The largest absolute Gasteiger partial charge is 0.353 e. The summed E-state index contributed by atoms with van der Waals surface area (Å²) in [5.41, 5.74) is 0.560. The molecule has 8 heteroatoms. The summed E-state index contributed by atoms with van der Waals surface area (Å²) in [6, 6.07) is 6.18. The standard InChI is InChI=1S/C19H29N3O4S/c1-4-15(5-2)19(24)21-17-10-12-22(13-11-17)27(25,26)18-8-6-16(7-9-18)20-14(3)23/h6-9,15,17H,4-5,10-13H2,1-3H3,(H,20,23)(H,21,24). The Morgan fingerprint density at radius 1 is 1.11 bits per heavy atom. The molecular formula is C19H29N3O4S. The number of sulfonamides is 1. The Balaban J connectivity index is 1.96. The molecule has 0 unspecified atom stereocenters. The fourth-order valence-corrected chi connectivity index (χ4v) is 4.75. The van der Waals surface area contributed by atoms with Crippen LogP contribution in [0.15, 0.2) is 29.2 Å². The maximum absolute atomic E-state index is 12.8. The quantitative estimate of drug-likeness (QED) is 0.741. The van der Waals surface area contributed by atoms with Crippen LogP contribution in [0.2, 0.25) is 0 Å². The molecule has 7 nitrogen and oxygen atoms in total. The van der Waals surface area contributed by atoms with Gasteiger partial charge in [0.05, 0.1) is 4.90 Å². The molecule has 1 aromatic rings. The summed E-state index contributed by atoms with van der Waals surface area (Å²) in [4.78, 5) is 23.5. The van der Waals surface area contributed by atoms with Gasteiger partial charge in [0.1, 0.15) is 0 Å². The van der Waals surface area contributed by atoms with Crippen molar-refractivity contribution in [3.05, 3.63) is 24.3 Å². The van der Waals surface area contributed by atoms with Crippen LogP contribution in [0.25, 0.3) is 0 Å². The fraction of sp³-hybridized carbons (Fsp3) is 0.579. The van der Waals surface area contributed by atoms with Crippen LogP contribution in [-0.4, -0.2) is 43.7 Å². The highest BCUT2D eigenvalue weighted by molar-refractivity contribution is 7.89. The first kappa shape index (κ1) is 21.4. The third-order valence-corrected chi connectivity index (χ3v) is 6.88. The highest BCUT2D eigenvalue weighted by Crippen LogP contribution is 2.22. The molecule has 1 aliphatic heterocycles. The van der Waals surface area contributed by atoms with Crippen LogP contribution < -0.4 is 10.6 Å². The first-order valence-electron chi connectivity index (χ1n) is 9.46. The summed E-state index contributed by atoms with van der Waals surface area (Å²) in [7, 11) is -3.58. The number of nitrogens with one attached hydrogen (secondary N) is 2. The molecule has 1 aliphatic rings. The molecule has 2 rings (SSSR count). The number of nitrogens with zero attached hydrogens (tertiary/aromatic N) is 1. The topological polar surface area (TPSA) is 95.6 Å². The number of carbonyl (C=O) groups excluding carboxylic acids is 2. The monoisotopic (exact) mass is 395 g/mol. The van der Waals surface area contributed by atoms with E-state index < -0.39 is 10.0 Å². The van der Waals surface area contributed by atoms with Crippen LogP contribution in [0.3, 0.4) is 0 Å². The number of anilines is 1. The average Bonchev–Trinajstić information content (AvgIpc) is 2.63. The van der Waals surface area contributed by atoms with E-state index in [9.17, 15) is 18.0 Å². The van der Waals surface area contributed by atoms with E-state index in [0.717, 1.165) is 12.8 Å². The molecular weight excluding hydrogens is 366 g/mol. The highest BCUT2D eigenvalue weighted by atomic mass is 32.2. The van der Waals surface area contributed by atoms with Gasteiger partial charge in [-0.05, 0) is 49.9 Å². The molecule has 1 aromatic carbocycles. The normalized spacial score (nSPS) is 16.3. The molecule has 150 valence electrons. The molecule has 1 fully saturated rings. The van der Waals surface area contributed by atoms with Crippen molar-refractivity contribution in [2.75, 3.05) is 18.4 Å². The summed E-state index contributed by atoms with van der Waals surface area (Å²) in [6.45, 7) is 6.16. The van der Waals surface area contributed by atoms with Gasteiger partial charge in [0.2, 0.25) is 21.8 Å². The van der Waals surface area contributed by atoms with E-state index in [1.54, 1.807) is 12.1 Å². The molecule has 0 atom stereocenters. The summed E-state index contributed by atoms with van der Waals surface area (Å²) in [6.07, 6.45) is 2.83. The SMILES string of the molecule is CCC(CC)C(=O)NC1CCN(S(=O)(=O)c2ccc(NC(C)=O)cc2)CC1. The fourth-order valence-electron chi connectivity index (χ4n) is 3.28. The van der Waals surface area contributed by atoms with Crippen molar-refractivity contribution >= 4 is 27.5 Å². The van der Waals surface area contributed by atoms with Crippen molar-refractivity contribution in [2.45, 2.75) is 57.4 Å². The second-order valence-corrected chi connectivity index (χ2v) is 8.84. The minimum Gasteiger partial charge on any atom is -0.353 e. The van der Waals surface area contributed by atoms with E-state index in [2.05, 4.69) is 10.6 Å². The lowest BCUT2D eigenvalue weighted by molar-refractivity contribution is -0.126. The maximum Gasteiger partial charge on any atom is 0.243 e. The smallest absolute Gasteiger partial charge is 0.243 e. The van der Waals surface area contributed by atoms with Crippen molar-refractivity contribution in [1.82, 2.24) is 9.62 Å². The number of benzene rings is 1. The molecule has 2 amide bonds. The van der Waals surface area contributed by atoms with Gasteiger partial charge in [-0.25, -0.2) is 8.42 Å². The lowest BCUT2D eigenvalue weighted by Gasteiger charge is -2.32. The van der Waals surface area contributed by atoms with Gasteiger partial charge in [-0.3, -0.25) is 9.59 Å². The third kappa shape index (κ3) is 5.52. The Hall–Kier alpha value is -1.93. The summed E-state index contributed by atoms with van der Waals surface area (Å²) in [5.74, 6) is -0.119. The zero-order valence-corrected chi connectivity index (χ0v) is 17.0. The third-order valence-electron chi connectivity index (χ3n) is 4.97. The van der Waals surface area contributed by atoms with Crippen molar-refractivity contribution in [2.24, 2.45) is 5.92 Å². The van der Waals surface area contributed by atoms with Crippen LogP contribution in [0.5, 0.6) is 0 Å². The molecule has 2 N–H and O–H groups in total. The Bertz CT molecular complexity index is 750. The van der Waals surface area contributed by atoms with Gasteiger partial charge in [0, 0.05) is 37.7 Å². The number of carbonyl (C=O) groups is 2. The molecule has 0 spiro atoms. The Morgan fingerprint density at radius 3 is 2.15 bits per heavy atom. The Kier molecular flexibility index (Phi) is 7.38. The van der Waals surface area contributed by atoms with Crippen LogP contribution in [0, 0.1) is 5.92 Å². The van der Waals surface area contributed by atoms with Gasteiger partial charge >= 0.3 is 0 Å². The summed E-state index contributed by atoms with van der Waals surface area (Å²) in [5, 5.41) is 5.68. The summed E-state index contributed by atoms with van der Waals surface area (Å²) >= 11 is 0. The van der Waals surface area contributed by atoms with E-state index in [-0.39, 0.29) is 28.7 Å². The highest BCUT2D eigenvalue weighted by Gasteiger charge is 2.30. The number of amides is 2. The van der Waals surface area contributed by atoms with Gasteiger partial charge < -0.3 is 10.6 Å². The molecule has 27 heavy (non-hydrogen) atoms. The minimum absolute atomic E-state index is 0.0201. The Labute approximate surface area is 161 Å².